The molecule has 18 heavy (non-hydrogen) atoms. The zero-order valence-corrected chi connectivity index (χ0v) is 12.3. The molecule has 0 amide bonds. The number of hydrogen-bond acceptors (Lipinski definition) is 1. The van der Waals surface area contributed by atoms with E-state index >= 15 is 0 Å². The molecule has 1 aliphatic rings. The molecule has 0 unspecified atom stereocenters. The summed E-state index contributed by atoms with van der Waals surface area (Å²) in [5.74, 6) is 0. The average Bonchev–Trinajstić information content (AvgIpc) is 2.80. The van der Waals surface area contributed by atoms with Crippen LogP contribution in [-0.4, -0.2) is 12.6 Å². The van der Waals surface area contributed by atoms with Crippen molar-refractivity contribution >= 4 is 0 Å². The first kappa shape index (κ1) is 13.6. The maximum Gasteiger partial charge on any atom is 0.00779 e. The Morgan fingerprint density at radius 2 is 1.78 bits per heavy atom. The van der Waals surface area contributed by atoms with E-state index in [-0.39, 0.29) is 0 Å². The van der Waals surface area contributed by atoms with Crippen LogP contribution < -0.4 is 5.32 Å². The van der Waals surface area contributed by atoms with Gasteiger partial charge in [0.1, 0.15) is 0 Å². The zero-order valence-electron chi connectivity index (χ0n) is 12.3. The predicted molar refractivity (Wildman–Crippen MR) is 79.2 cm³/mol. The van der Waals surface area contributed by atoms with E-state index in [1.807, 2.05) is 0 Å². The van der Waals surface area contributed by atoms with Crippen molar-refractivity contribution in [2.24, 2.45) is 0 Å². The lowest BCUT2D eigenvalue weighted by Crippen LogP contribution is -2.39. The lowest BCUT2D eigenvalue weighted by Gasteiger charge is -2.31. The highest BCUT2D eigenvalue weighted by Gasteiger charge is 2.35. The molecule has 1 saturated carbocycles. The van der Waals surface area contributed by atoms with Crippen LogP contribution in [0.1, 0.15) is 56.2 Å². The molecule has 0 heterocycles. The van der Waals surface area contributed by atoms with Crippen LogP contribution in [0.15, 0.2) is 18.2 Å². The van der Waals surface area contributed by atoms with Crippen LogP contribution in [0.3, 0.4) is 0 Å². The molecule has 1 aliphatic carbocycles. The minimum absolute atomic E-state index is 0.392. The molecule has 0 atom stereocenters. The van der Waals surface area contributed by atoms with E-state index in [9.17, 15) is 0 Å². The minimum atomic E-state index is 0.392. The Balaban J connectivity index is 2.25. The summed E-state index contributed by atoms with van der Waals surface area (Å²) in [5, 5.41) is 3.66. The topological polar surface area (TPSA) is 12.0 Å². The monoisotopic (exact) mass is 245 g/mol. The van der Waals surface area contributed by atoms with E-state index in [2.05, 4.69) is 51.2 Å². The van der Waals surface area contributed by atoms with Gasteiger partial charge >= 0.3 is 0 Å². The maximum absolute atomic E-state index is 3.66. The minimum Gasteiger partial charge on any atom is -0.314 e. The number of aryl methyl sites for hydroxylation is 2. The normalized spacial score (nSPS) is 18.5. The van der Waals surface area contributed by atoms with Gasteiger partial charge < -0.3 is 5.32 Å². The first-order valence-electron chi connectivity index (χ1n) is 7.35. The Hall–Kier alpha value is -0.820. The van der Waals surface area contributed by atoms with Gasteiger partial charge in [-0.15, -0.1) is 0 Å². The summed E-state index contributed by atoms with van der Waals surface area (Å²) >= 11 is 0. The fraction of sp³-hybridized carbons (Fsp3) is 0.647. The summed E-state index contributed by atoms with van der Waals surface area (Å²) in [6, 6.07) is 7.65. The Morgan fingerprint density at radius 3 is 2.33 bits per heavy atom. The molecule has 0 aliphatic heterocycles. The first-order chi connectivity index (χ1) is 8.53. The van der Waals surface area contributed by atoms with Gasteiger partial charge in [-0.3, -0.25) is 0 Å². The Labute approximate surface area is 112 Å². The highest BCUT2D eigenvalue weighted by Crippen LogP contribution is 2.41. The lowest BCUT2D eigenvalue weighted by molar-refractivity contribution is 0.387. The van der Waals surface area contributed by atoms with Crippen molar-refractivity contribution in [1.29, 1.82) is 0 Å². The molecule has 1 nitrogen and oxygen atoms in total. The van der Waals surface area contributed by atoms with Crippen LogP contribution in [0, 0.1) is 13.8 Å². The van der Waals surface area contributed by atoms with Crippen molar-refractivity contribution in [2.45, 2.75) is 64.8 Å². The Kier molecular flexibility index (Phi) is 4.11. The molecular formula is C17H27N. The predicted octanol–water partition coefficient (Wildman–Crippen LogP) is 4.11. The van der Waals surface area contributed by atoms with Gasteiger partial charge in [-0.05, 0) is 43.4 Å². The average molecular weight is 245 g/mol. The number of nitrogens with one attached hydrogen (secondary N) is 1. The van der Waals surface area contributed by atoms with Crippen molar-refractivity contribution in [3.05, 3.63) is 34.9 Å². The summed E-state index contributed by atoms with van der Waals surface area (Å²) < 4.78 is 0. The largest absolute Gasteiger partial charge is 0.314 e. The van der Waals surface area contributed by atoms with Gasteiger partial charge in [-0.25, -0.2) is 0 Å². The van der Waals surface area contributed by atoms with Crippen LogP contribution >= 0.6 is 0 Å². The van der Waals surface area contributed by atoms with Gasteiger partial charge in [0, 0.05) is 18.0 Å². The molecule has 0 bridgehead atoms. The van der Waals surface area contributed by atoms with Crippen LogP contribution in [0.25, 0.3) is 0 Å². The van der Waals surface area contributed by atoms with Gasteiger partial charge in [0.05, 0.1) is 0 Å². The maximum atomic E-state index is 3.66. The quantitative estimate of drug-likeness (QED) is 0.841. The van der Waals surface area contributed by atoms with Crippen molar-refractivity contribution < 1.29 is 0 Å². The third-order valence-electron chi connectivity index (χ3n) is 4.53. The van der Waals surface area contributed by atoms with E-state index in [4.69, 9.17) is 0 Å². The third kappa shape index (κ3) is 2.77. The summed E-state index contributed by atoms with van der Waals surface area (Å²) in [7, 11) is 0. The fourth-order valence-electron chi connectivity index (χ4n) is 3.09. The smallest absolute Gasteiger partial charge is 0.00779 e. The molecule has 0 spiro atoms. The second kappa shape index (κ2) is 5.44. The number of rotatable bonds is 4. The molecule has 1 N–H and O–H groups in total. The summed E-state index contributed by atoms with van der Waals surface area (Å²) in [6.45, 7) is 10.0. The van der Waals surface area contributed by atoms with E-state index in [1.54, 1.807) is 5.56 Å². The molecule has 1 aromatic carbocycles. The summed E-state index contributed by atoms with van der Waals surface area (Å²) in [4.78, 5) is 0. The van der Waals surface area contributed by atoms with Gasteiger partial charge in [0.15, 0.2) is 0 Å². The van der Waals surface area contributed by atoms with Crippen LogP contribution in [0.5, 0.6) is 0 Å². The van der Waals surface area contributed by atoms with E-state index in [1.165, 1.54) is 36.8 Å². The molecule has 0 radical (unpaired) electrons. The second-order valence-electron chi connectivity index (χ2n) is 6.32. The molecule has 1 aromatic rings. The molecule has 0 aromatic heterocycles. The zero-order chi connectivity index (χ0) is 13.2. The number of benzene rings is 1. The highest BCUT2D eigenvalue weighted by atomic mass is 14.9. The van der Waals surface area contributed by atoms with Crippen molar-refractivity contribution in [2.75, 3.05) is 6.54 Å². The molecule has 1 fully saturated rings. The second-order valence-corrected chi connectivity index (χ2v) is 6.32. The molecule has 2 rings (SSSR count). The fourth-order valence-corrected chi connectivity index (χ4v) is 3.09. The SMILES string of the molecule is Cc1ccc(C2(CNC(C)C)CCCC2)cc1C. The van der Waals surface area contributed by atoms with Gasteiger partial charge in [-0.1, -0.05) is 44.9 Å². The van der Waals surface area contributed by atoms with Crippen LogP contribution in [0.4, 0.5) is 0 Å². The Bertz CT molecular complexity index is 400. The lowest BCUT2D eigenvalue weighted by atomic mass is 9.77. The molecule has 1 heteroatoms. The molecule has 100 valence electrons. The van der Waals surface area contributed by atoms with E-state index in [0.717, 1.165) is 6.54 Å². The van der Waals surface area contributed by atoms with Crippen molar-refractivity contribution in [1.82, 2.24) is 5.32 Å². The van der Waals surface area contributed by atoms with Gasteiger partial charge in [0.25, 0.3) is 0 Å². The van der Waals surface area contributed by atoms with E-state index < -0.39 is 0 Å². The van der Waals surface area contributed by atoms with Crippen LogP contribution in [-0.2, 0) is 5.41 Å². The van der Waals surface area contributed by atoms with E-state index in [0.29, 0.717) is 11.5 Å². The van der Waals surface area contributed by atoms with Gasteiger partial charge in [0.2, 0.25) is 0 Å². The van der Waals surface area contributed by atoms with Gasteiger partial charge in [-0.2, -0.15) is 0 Å². The third-order valence-corrected chi connectivity index (χ3v) is 4.53. The van der Waals surface area contributed by atoms with Crippen molar-refractivity contribution in [3.8, 4) is 0 Å². The summed E-state index contributed by atoms with van der Waals surface area (Å²) in [5.41, 5.74) is 4.78. The highest BCUT2D eigenvalue weighted by molar-refractivity contribution is 5.35. The number of hydrogen-bond donors (Lipinski definition) is 1. The standard InChI is InChI=1S/C17H27N/c1-13(2)18-12-17(9-5-6-10-17)16-8-7-14(3)15(4)11-16/h7-8,11,13,18H,5-6,9-10,12H2,1-4H3. The molecule has 0 saturated heterocycles. The first-order valence-corrected chi connectivity index (χ1v) is 7.35. The Morgan fingerprint density at radius 1 is 1.11 bits per heavy atom. The van der Waals surface area contributed by atoms with Crippen LogP contribution in [0.2, 0.25) is 0 Å². The molecular weight excluding hydrogens is 218 g/mol. The summed E-state index contributed by atoms with van der Waals surface area (Å²) in [6.07, 6.45) is 5.45. The van der Waals surface area contributed by atoms with Crippen molar-refractivity contribution in [3.63, 3.8) is 0 Å².